The number of nitrogens with zero attached hydrogens (tertiary/aromatic N) is 4. The largest absolute Gasteiger partial charge is 0.310 e. The van der Waals surface area contributed by atoms with Crippen molar-refractivity contribution in [2.24, 2.45) is 0 Å². The van der Waals surface area contributed by atoms with Crippen molar-refractivity contribution in [2.45, 2.75) is 0 Å². The third kappa shape index (κ3) is 9.78. The highest BCUT2D eigenvalue weighted by Crippen LogP contribution is 2.52. The summed E-state index contributed by atoms with van der Waals surface area (Å²) >= 11 is 0. The van der Waals surface area contributed by atoms with Crippen molar-refractivity contribution in [2.75, 3.05) is 19.6 Å². The zero-order chi connectivity index (χ0) is 63.5. The van der Waals surface area contributed by atoms with E-state index in [1.165, 1.54) is 64.6 Å². The summed E-state index contributed by atoms with van der Waals surface area (Å²) in [6, 6.07) is 139. The lowest BCUT2D eigenvalue weighted by Crippen LogP contribution is -2.15. The maximum absolute atomic E-state index is 2.49. The highest BCUT2D eigenvalue weighted by molar-refractivity contribution is 6.19. The van der Waals surface area contributed by atoms with E-state index in [0.29, 0.717) is 0 Å². The average molecular weight is 1220 g/mol. The maximum atomic E-state index is 2.49. The predicted octanol–water partition coefficient (Wildman–Crippen LogP) is 26.5. The van der Waals surface area contributed by atoms with Crippen LogP contribution in [0, 0.1) is 0 Å². The number of fused-ring (bicyclic) bond motifs is 12. The molecule has 0 bridgehead atoms. The van der Waals surface area contributed by atoms with Gasteiger partial charge in [-0.3, -0.25) is 0 Å². The molecule has 0 aromatic heterocycles. The van der Waals surface area contributed by atoms with Gasteiger partial charge in [-0.15, -0.1) is 0 Å². The molecule has 0 aliphatic carbocycles. The molecule has 0 radical (unpaired) electrons. The van der Waals surface area contributed by atoms with Crippen molar-refractivity contribution in [3.05, 3.63) is 376 Å². The molecular weight excluding hydrogens is 1160 g/mol. The molecule has 0 amide bonds. The van der Waals surface area contributed by atoms with Crippen molar-refractivity contribution >= 4 is 154 Å². The molecule has 0 unspecified atom stereocenters. The average Bonchev–Trinajstić information content (AvgIpc) is 0.756. The highest BCUT2D eigenvalue weighted by Gasteiger charge is 2.27. The molecular formula is C92H62N4. The first-order valence-electron chi connectivity index (χ1n) is 33.0. The van der Waals surface area contributed by atoms with Gasteiger partial charge in [0.05, 0.1) is 22.7 Å². The Morgan fingerprint density at radius 2 is 0.302 bits per heavy atom. The van der Waals surface area contributed by atoms with Gasteiger partial charge in [0.1, 0.15) is 0 Å². The quantitative estimate of drug-likeness (QED) is 0.107. The summed E-state index contributed by atoms with van der Waals surface area (Å²) in [6.07, 6.45) is 0. The number of anilines is 12. The molecule has 0 heterocycles. The van der Waals surface area contributed by atoms with Crippen molar-refractivity contribution in [1.29, 1.82) is 0 Å². The number of para-hydroxylation sites is 4. The molecule has 4 heteroatoms. The van der Waals surface area contributed by atoms with Gasteiger partial charge < -0.3 is 19.6 Å². The van der Waals surface area contributed by atoms with Gasteiger partial charge in [-0.05, 0) is 185 Å². The fourth-order valence-electron chi connectivity index (χ4n) is 14.9. The van der Waals surface area contributed by atoms with Crippen LogP contribution in [0.1, 0.15) is 0 Å². The van der Waals surface area contributed by atoms with Crippen LogP contribution >= 0.6 is 0 Å². The minimum absolute atomic E-state index is 0.994. The third-order valence-electron chi connectivity index (χ3n) is 19.2. The lowest BCUT2D eigenvalue weighted by atomic mass is 9.96. The van der Waals surface area contributed by atoms with Crippen molar-refractivity contribution in [1.82, 2.24) is 0 Å². The van der Waals surface area contributed by atoms with E-state index >= 15 is 0 Å². The summed E-state index contributed by atoms with van der Waals surface area (Å²) in [4.78, 5) is 9.96. The highest BCUT2D eigenvalue weighted by atomic mass is 15.2. The molecule has 0 spiro atoms. The summed E-state index contributed by atoms with van der Waals surface area (Å²) in [5.74, 6) is 0. The second kappa shape index (κ2) is 23.7. The van der Waals surface area contributed by atoms with E-state index in [1.807, 2.05) is 0 Å². The SMILES string of the molecule is c1ccc(N(c2cc(-c3cc(N(c4ccccc4)c4cc5ccccc5c5ccccc45)cc(N(c4ccccc4)c4cc5ccccc5c5ccccc45)c3)cc(N(c3ccccc3)c3cc4ccccc4c4ccccc34)c2)c2cc3ccccc3c3ccccc23)cc1. The fraction of sp³-hybridized carbons (Fsp3) is 0. The van der Waals surface area contributed by atoms with Crippen LogP contribution in [-0.4, -0.2) is 0 Å². The number of hydrogen-bond donors (Lipinski definition) is 0. The second-order valence-corrected chi connectivity index (χ2v) is 24.8. The lowest BCUT2D eigenvalue weighted by molar-refractivity contribution is 1.26. The van der Waals surface area contributed by atoms with E-state index in [9.17, 15) is 0 Å². The number of rotatable bonds is 13. The van der Waals surface area contributed by atoms with E-state index in [0.717, 1.165) is 101 Å². The topological polar surface area (TPSA) is 13.0 Å². The molecule has 0 saturated carbocycles. The van der Waals surface area contributed by atoms with E-state index in [4.69, 9.17) is 0 Å². The Labute approximate surface area is 557 Å². The third-order valence-corrected chi connectivity index (χ3v) is 19.2. The Morgan fingerprint density at radius 3 is 0.521 bits per heavy atom. The zero-order valence-electron chi connectivity index (χ0n) is 52.6. The van der Waals surface area contributed by atoms with Gasteiger partial charge in [0, 0.05) is 67.0 Å². The lowest BCUT2D eigenvalue weighted by Gasteiger charge is -2.33. The summed E-state index contributed by atoms with van der Waals surface area (Å²) < 4.78 is 0. The fourth-order valence-corrected chi connectivity index (χ4v) is 14.9. The van der Waals surface area contributed by atoms with Crippen molar-refractivity contribution in [3.63, 3.8) is 0 Å². The Kier molecular flexibility index (Phi) is 13.8. The van der Waals surface area contributed by atoms with E-state index in [-0.39, 0.29) is 0 Å². The van der Waals surface area contributed by atoms with Crippen LogP contribution in [0.15, 0.2) is 376 Å². The minimum Gasteiger partial charge on any atom is -0.310 e. The van der Waals surface area contributed by atoms with Crippen LogP contribution < -0.4 is 19.6 Å². The van der Waals surface area contributed by atoms with Crippen molar-refractivity contribution in [3.8, 4) is 11.1 Å². The Morgan fingerprint density at radius 1 is 0.125 bits per heavy atom. The summed E-state index contributed by atoms with van der Waals surface area (Å²) in [6.45, 7) is 0. The van der Waals surface area contributed by atoms with Gasteiger partial charge in [-0.25, -0.2) is 0 Å². The van der Waals surface area contributed by atoms with Crippen LogP contribution in [0.5, 0.6) is 0 Å². The van der Waals surface area contributed by atoms with Crippen LogP contribution in [0.3, 0.4) is 0 Å². The van der Waals surface area contributed by atoms with E-state index in [1.54, 1.807) is 0 Å². The monoisotopic (exact) mass is 1220 g/mol. The molecule has 18 rings (SSSR count). The van der Waals surface area contributed by atoms with Crippen LogP contribution in [0.25, 0.3) is 97.3 Å². The first kappa shape index (κ1) is 56.0. The summed E-state index contributed by atoms with van der Waals surface area (Å²) in [7, 11) is 0. The van der Waals surface area contributed by atoms with Gasteiger partial charge in [0.25, 0.3) is 0 Å². The molecule has 0 atom stereocenters. The molecule has 0 fully saturated rings. The normalized spacial score (nSPS) is 11.5. The molecule has 0 N–H and O–H groups in total. The zero-order valence-corrected chi connectivity index (χ0v) is 52.6. The molecule has 18 aromatic carbocycles. The maximum Gasteiger partial charge on any atom is 0.0546 e. The number of benzene rings is 18. The molecule has 18 aromatic rings. The van der Waals surface area contributed by atoms with Gasteiger partial charge in [0.2, 0.25) is 0 Å². The second-order valence-electron chi connectivity index (χ2n) is 24.8. The molecule has 0 saturated heterocycles. The first-order chi connectivity index (χ1) is 47.6. The first-order valence-corrected chi connectivity index (χ1v) is 33.0. The van der Waals surface area contributed by atoms with Gasteiger partial charge in [-0.1, -0.05) is 267 Å². The Balaban J connectivity index is 0.991. The standard InChI is InChI=1S/C92H62N4/c1-5-33-69(34-6-1)93(89-57-63-29-13-17-41-77(63)81-45-21-25-49-85(81)89)73-53-67(54-74(61-73)94(70-35-7-2-8-36-70)90-58-64-30-14-18-42-78(64)82-46-22-26-50-86(82)90)68-55-75(95(71-37-9-3-10-38-71)91-59-65-31-15-19-43-79(65)83-47-23-27-51-87(83)91)62-76(56-68)96(72-39-11-4-12-40-72)92-60-66-32-16-20-44-80(66)84-48-24-28-52-88(84)92/h1-62H. The van der Waals surface area contributed by atoms with Gasteiger partial charge >= 0.3 is 0 Å². The van der Waals surface area contributed by atoms with Crippen LogP contribution in [0.4, 0.5) is 68.2 Å². The Bertz CT molecular complexity index is 5260. The van der Waals surface area contributed by atoms with E-state index < -0.39 is 0 Å². The van der Waals surface area contributed by atoms with Crippen molar-refractivity contribution < 1.29 is 0 Å². The minimum atomic E-state index is 0.994. The summed E-state index contributed by atoms with van der Waals surface area (Å²) in [5, 5.41) is 18.9. The summed E-state index contributed by atoms with van der Waals surface area (Å²) in [5.41, 5.74) is 14.5. The molecule has 450 valence electrons. The molecule has 0 aliphatic heterocycles. The molecule has 4 nitrogen and oxygen atoms in total. The Hall–Kier alpha value is -12.8. The molecule has 96 heavy (non-hydrogen) atoms. The smallest absolute Gasteiger partial charge is 0.0546 e. The molecule has 0 aliphatic rings. The van der Waals surface area contributed by atoms with Gasteiger partial charge in [-0.2, -0.15) is 0 Å². The van der Waals surface area contributed by atoms with Crippen LogP contribution in [-0.2, 0) is 0 Å². The van der Waals surface area contributed by atoms with Gasteiger partial charge in [0.15, 0.2) is 0 Å². The van der Waals surface area contributed by atoms with E-state index in [2.05, 4.69) is 396 Å². The number of hydrogen-bond acceptors (Lipinski definition) is 4. The predicted molar refractivity (Wildman–Crippen MR) is 411 cm³/mol. The van der Waals surface area contributed by atoms with Crippen LogP contribution in [0.2, 0.25) is 0 Å².